The Morgan fingerprint density at radius 3 is 1.99 bits per heavy atom. The van der Waals surface area contributed by atoms with E-state index in [0.717, 1.165) is 23.2 Å². The van der Waals surface area contributed by atoms with Crippen molar-refractivity contribution in [1.82, 2.24) is 24.9 Å². The van der Waals surface area contributed by atoms with Crippen LogP contribution in [0.25, 0.3) is 11.3 Å². The summed E-state index contributed by atoms with van der Waals surface area (Å²) in [5.74, 6) is -6.56. The fourth-order valence-electron chi connectivity index (χ4n) is 8.01. The number of nitrogens with one attached hydrogen (secondary N) is 1. The first-order valence-corrected chi connectivity index (χ1v) is 22.9. The molecule has 1 aliphatic heterocycles. The Morgan fingerprint density at radius 1 is 0.808 bits per heavy atom. The molecule has 2 heterocycles. The molecule has 73 heavy (non-hydrogen) atoms. The second kappa shape index (κ2) is 26.3. The molecule has 19 nitrogen and oxygen atoms in total. The maximum Gasteiger partial charge on any atom is 0.433 e. The van der Waals surface area contributed by atoms with Crippen molar-refractivity contribution in [1.29, 1.82) is 0 Å². The van der Waals surface area contributed by atoms with Gasteiger partial charge < -0.3 is 64.5 Å². The maximum atomic E-state index is 15.7. The Balaban J connectivity index is 1.09. The fraction of sp³-hybridized carbons (Fsp3) is 0.565. The van der Waals surface area contributed by atoms with Gasteiger partial charge in [0.15, 0.2) is 11.6 Å². The van der Waals surface area contributed by atoms with Crippen LogP contribution in [0.1, 0.15) is 42.5 Å². The molecule has 0 saturated heterocycles. The van der Waals surface area contributed by atoms with E-state index >= 15 is 8.78 Å². The second-order valence-electron chi connectivity index (χ2n) is 17.1. The third kappa shape index (κ3) is 15.2. The van der Waals surface area contributed by atoms with E-state index in [1.807, 2.05) is 0 Å². The number of rotatable bonds is 27. The Hall–Kier alpha value is -5.20. The molecule has 2 aliphatic rings. The first-order valence-electron chi connectivity index (χ1n) is 22.9. The zero-order valence-electron chi connectivity index (χ0n) is 39.7. The summed E-state index contributed by atoms with van der Waals surface area (Å²) in [6, 6.07) is 4.38. The molecule has 0 bridgehead atoms. The lowest BCUT2D eigenvalue weighted by Crippen LogP contribution is -2.62. The lowest BCUT2D eigenvalue weighted by molar-refractivity contribution is -0.163. The van der Waals surface area contributed by atoms with Crippen molar-refractivity contribution in [3.05, 3.63) is 82.5 Å². The highest BCUT2D eigenvalue weighted by molar-refractivity contribution is 6.24. The molecule has 1 fully saturated rings. The van der Waals surface area contributed by atoms with Crippen LogP contribution in [0.4, 0.5) is 40.8 Å². The quantitative estimate of drug-likeness (QED) is 0.0329. The molecular weight excluding hydrogens is 997 g/mol. The molecule has 0 radical (unpaired) electrons. The number of hydrogen-bond acceptors (Lipinski definition) is 17. The molecule has 4 atom stereocenters. The summed E-state index contributed by atoms with van der Waals surface area (Å²) in [4.78, 5) is 36.6. The highest BCUT2D eigenvalue weighted by Gasteiger charge is 2.53. The first-order chi connectivity index (χ1) is 34.5. The number of carbonyl (C=O) groups excluding carboxylic acids is 2. The molecule has 406 valence electrons. The number of halogens is 8. The largest absolute Gasteiger partial charge is 0.509 e. The summed E-state index contributed by atoms with van der Waals surface area (Å²) < 4.78 is 140. The van der Waals surface area contributed by atoms with Crippen molar-refractivity contribution >= 4 is 17.5 Å². The van der Waals surface area contributed by atoms with E-state index in [4.69, 9.17) is 28.8 Å². The topological polar surface area (TPSA) is 249 Å². The molecule has 2 amide bonds. The molecule has 1 aliphatic carbocycles. The average molecular weight is 1050 g/mol. The number of carbonyl (C=O) groups is 2. The Labute approximate surface area is 413 Å². The summed E-state index contributed by atoms with van der Waals surface area (Å²) in [5.41, 5.74) is -7.26. The van der Waals surface area contributed by atoms with Crippen molar-refractivity contribution in [2.24, 2.45) is 0 Å². The number of aromatic nitrogens is 2. The number of anilines is 1. The van der Waals surface area contributed by atoms with Crippen molar-refractivity contribution in [3.8, 4) is 17.0 Å². The van der Waals surface area contributed by atoms with E-state index in [0.29, 0.717) is 43.9 Å². The molecule has 1 saturated carbocycles. The van der Waals surface area contributed by atoms with Crippen molar-refractivity contribution in [2.45, 2.75) is 74.5 Å². The number of alkyl halides is 6. The molecule has 7 N–H and O–H groups in total. The minimum Gasteiger partial charge on any atom is -0.509 e. The first kappa shape index (κ1) is 58.7. The van der Waals surface area contributed by atoms with Gasteiger partial charge in [0.25, 0.3) is 11.8 Å². The van der Waals surface area contributed by atoms with Gasteiger partial charge in [-0.2, -0.15) is 30.7 Å². The molecule has 5 rings (SSSR count). The smallest absolute Gasteiger partial charge is 0.433 e. The summed E-state index contributed by atoms with van der Waals surface area (Å²) in [7, 11) is 3.06. The lowest BCUT2D eigenvalue weighted by Gasteiger charge is -2.48. The molecule has 27 heteroatoms. The van der Waals surface area contributed by atoms with E-state index in [9.17, 15) is 61.5 Å². The average Bonchev–Trinajstić information content (AvgIpc) is 3.85. The van der Waals surface area contributed by atoms with Gasteiger partial charge in [-0.15, -0.1) is 0 Å². The summed E-state index contributed by atoms with van der Waals surface area (Å²) in [6.07, 6.45) is -14.5. The Morgan fingerprint density at radius 2 is 1.40 bits per heavy atom. The van der Waals surface area contributed by atoms with E-state index in [2.05, 4.69) is 15.3 Å². The van der Waals surface area contributed by atoms with Crippen LogP contribution in [-0.4, -0.2) is 191 Å². The number of aliphatic hydroxyl groups excluding tert-OH is 6. The van der Waals surface area contributed by atoms with Gasteiger partial charge >= 0.3 is 12.4 Å². The van der Waals surface area contributed by atoms with Crippen LogP contribution in [0.3, 0.4) is 0 Å². The van der Waals surface area contributed by atoms with Crippen LogP contribution in [0.5, 0.6) is 5.75 Å². The molecule has 0 unspecified atom stereocenters. The minimum absolute atomic E-state index is 0.0297. The molecular formula is C46H58F8N6O13. The number of nitrogens with zero attached hydrogens (tertiary/aromatic N) is 5. The highest BCUT2D eigenvalue weighted by atomic mass is 19.4. The van der Waals surface area contributed by atoms with Gasteiger partial charge in [0, 0.05) is 31.3 Å². The van der Waals surface area contributed by atoms with Crippen LogP contribution in [0, 0.1) is 11.6 Å². The van der Waals surface area contributed by atoms with E-state index < -0.39 is 124 Å². The predicted molar refractivity (Wildman–Crippen MR) is 239 cm³/mol. The predicted octanol–water partition coefficient (Wildman–Crippen LogP) is 3.22. The third-order valence-corrected chi connectivity index (χ3v) is 12.1. The molecule has 1 spiro atoms. The number of amides is 2. The van der Waals surface area contributed by atoms with Gasteiger partial charge in [-0.3, -0.25) is 14.6 Å². The Bertz CT molecular complexity index is 2340. The van der Waals surface area contributed by atoms with Crippen LogP contribution in [0.2, 0.25) is 0 Å². The third-order valence-electron chi connectivity index (χ3n) is 12.1. The number of ether oxygens (including phenoxy) is 5. The number of aliphatic hydroxyl groups is 6. The SMILES string of the molecule is CN(CCOCCOCCOCCOCCOc1ccc(CN2C(=O)C(C(=O)Nc3ccc(C(F)(F)F)cc3-c3cc(C(F)(F)F)ncn3)=C(O)C3(CCCC3)N2C)c(F)c1F)C[C@@H](O)[C@H](O)[C@@H](O)[C@@H](O)CO. The van der Waals surface area contributed by atoms with Gasteiger partial charge in [0.05, 0.1) is 94.6 Å². The van der Waals surface area contributed by atoms with Gasteiger partial charge in [-0.05, 0) is 50.2 Å². The van der Waals surface area contributed by atoms with Crippen molar-refractivity contribution in [3.63, 3.8) is 0 Å². The number of likely N-dealkylation sites (N-methyl/N-ethyl adjacent to an activating group) is 2. The molecule has 1 aromatic heterocycles. The Kier molecular flexibility index (Phi) is 21.2. The summed E-state index contributed by atoms with van der Waals surface area (Å²) in [6.45, 7) is 0.224. The lowest BCUT2D eigenvalue weighted by atomic mass is 9.88. The molecule has 2 aromatic carbocycles. The van der Waals surface area contributed by atoms with Crippen molar-refractivity contribution in [2.75, 3.05) is 98.6 Å². The fourth-order valence-corrected chi connectivity index (χ4v) is 8.01. The number of benzene rings is 2. The van der Waals surface area contributed by atoms with Crippen LogP contribution in [0.15, 0.2) is 54.1 Å². The van der Waals surface area contributed by atoms with Gasteiger partial charge in [0.2, 0.25) is 5.82 Å². The van der Waals surface area contributed by atoms with E-state index in [1.165, 1.54) is 12.1 Å². The number of hydrogen-bond donors (Lipinski definition) is 7. The highest BCUT2D eigenvalue weighted by Crippen LogP contribution is 2.45. The van der Waals surface area contributed by atoms with Gasteiger partial charge in [0.1, 0.15) is 48.3 Å². The standard InChI is InChI=1S/C46H58F8N6O13/c1-58(24-32(62)39(64)40(65)33(63)25-61)11-12-69-13-14-70-15-16-71-17-18-72-19-20-73-34-8-5-27(37(47)38(34)48)23-60-43(68)36(41(66)44(59(60)2)9-3-4-10-44)42(67)57-30-7-6-28(45(49,50)51)21-29(30)31-22-35(46(52,53)54)56-26-55-31/h5-8,21-22,26,32-33,39-40,61-66H,3-4,9-20,23-25H2,1-2H3,(H,57,67)/t32-,33+,39+,40+/m1/s1. The van der Waals surface area contributed by atoms with Gasteiger partial charge in [-0.1, -0.05) is 18.9 Å². The number of hydrazine groups is 1. The van der Waals surface area contributed by atoms with Crippen molar-refractivity contribution < 1.29 is 99.0 Å². The minimum atomic E-state index is -5.02. The van der Waals surface area contributed by atoms with Gasteiger partial charge in [-0.25, -0.2) is 19.4 Å². The van der Waals surface area contributed by atoms with E-state index in [-0.39, 0.29) is 84.4 Å². The zero-order valence-corrected chi connectivity index (χ0v) is 39.7. The molecule has 3 aromatic rings. The monoisotopic (exact) mass is 1050 g/mol. The summed E-state index contributed by atoms with van der Waals surface area (Å²) >= 11 is 0. The van der Waals surface area contributed by atoms with Crippen LogP contribution >= 0.6 is 0 Å². The van der Waals surface area contributed by atoms with E-state index in [1.54, 1.807) is 11.9 Å². The maximum absolute atomic E-state index is 15.7. The zero-order chi connectivity index (χ0) is 53.7. The second-order valence-corrected chi connectivity index (χ2v) is 17.1. The normalized spacial score (nSPS) is 17.2. The summed E-state index contributed by atoms with van der Waals surface area (Å²) in [5, 5.41) is 64.0. The van der Waals surface area contributed by atoms with Crippen LogP contribution in [-0.2, 0) is 47.4 Å². The van der Waals surface area contributed by atoms with Crippen LogP contribution < -0.4 is 10.1 Å².